The van der Waals surface area contributed by atoms with Gasteiger partial charge in [0.25, 0.3) is 5.91 Å². The monoisotopic (exact) mass is 407 g/mol. The van der Waals surface area contributed by atoms with E-state index in [9.17, 15) is 14.0 Å². The smallest absolute Gasteiger partial charge is 0.255 e. The van der Waals surface area contributed by atoms with Gasteiger partial charge in [0, 0.05) is 36.1 Å². The summed E-state index contributed by atoms with van der Waals surface area (Å²) in [7, 11) is 0. The van der Waals surface area contributed by atoms with Crippen LogP contribution in [-0.4, -0.2) is 16.8 Å². The molecule has 6 nitrogen and oxygen atoms in total. The lowest BCUT2D eigenvalue weighted by atomic mass is 10.0. The van der Waals surface area contributed by atoms with E-state index < -0.39 is 11.7 Å². The minimum absolute atomic E-state index is 0.0153. The number of nitrogens with zero attached hydrogens (tertiary/aromatic N) is 1. The van der Waals surface area contributed by atoms with Crippen molar-refractivity contribution in [2.75, 3.05) is 10.6 Å². The third-order valence-electron chi connectivity index (χ3n) is 4.36. The van der Waals surface area contributed by atoms with E-state index in [1.807, 2.05) is 26.0 Å². The predicted octanol–water partition coefficient (Wildman–Crippen LogP) is 4.63. The van der Waals surface area contributed by atoms with Crippen LogP contribution in [0.2, 0.25) is 0 Å². The molecule has 0 aliphatic rings. The molecule has 3 rings (SSSR count). The third-order valence-corrected chi connectivity index (χ3v) is 4.36. The van der Waals surface area contributed by atoms with Gasteiger partial charge in [-0.15, -0.1) is 0 Å². The molecule has 0 saturated heterocycles. The SMILES string of the molecule is CC(=O)Nc1ccc(F)c(NC(=O)c2cc(C)c(OCc3cccnc3)c(C)c2)c1. The van der Waals surface area contributed by atoms with Gasteiger partial charge in [-0.1, -0.05) is 6.07 Å². The Morgan fingerprint density at radius 1 is 1.07 bits per heavy atom. The zero-order valence-corrected chi connectivity index (χ0v) is 17.0. The number of rotatable bonds is 6. The fourth-order valence-corrected chi connectivity index (χ4v) is 3.04. The Hall–Kier alpha value is -3.74. The van der Waals surface area contributed by atoms with Crippen molar-refractivity contribution in [2.24, 2.45) is 0 Å². The number of ether oxygens (including phenoxy) is 1. The number of amides is 2. The first-order valence-corrected chi connectivity index (χ1v) is 9.35. The van der Waals surface area contributed by atoms with Crippen LogP contribution in [0.4, 0.5) is 15.8 Å². The molecule has 1 heterocycles. The summed E-state index contributed by atoms with van der Waals surface area (Å²) in [5.41, 5.74) is 3.27. The van der Waals surface area contributed by atoms with E-state index in [0.717, 1.165) is 16.7 Å². The third kappa shape index (κ3) is 5.20. The van der Waals surface area contributed by atoms with Gasteiger partial charge in [0.1, 0.15) is 18.2 Å². The molecule has 1 aromatic heterocycles. The summed E-state index contributed by atoms with van der Waals surface area (Å²) >= 11 is 0. The molecular weight excluding hydrogens is 385 g/mol. The van der Waals surface area contributed by atoms with Crippen LogP contribution in [0.25, 0.3) is 0 Å². The molecule has 2 N–H and O–H groups in total. The van der Waals surface area contributed by atoms with E-state index in [1.54, 1.807) is 24.5 Å². The minimum atomic E-state index is -0.595. The molecule has 0 unspecified atom stereocenters. The number of anilines is 2. The largest absolute Gasteiger partial charge is 0.488 e. The first kappa shape index (κ1) is 21.0. The van der Waals surface area contributed by atoms with Crippen LogP contribution in [0.5, 0.6) is 5.75 Å². The van der Waals surface area contributed by atoms with Gasteiger partial charge in [-0.2, -0.15) is 0 Å². The van der Waals surface area contributed by atoms with E-state index in [1.165, 1.54) is 25.1 Å². The van der Waals surface area contributed by atoms with Gasteiger partial charge < -0.3 is 15.4 Å². The molecule has 0 atom stereocenters. The average molecular weight is 407 g/mol. The Morgan fingerprint density at radius 2 is 1.80 bits per heavy atom. The number of pyridine rings is 1. The average Bonchev–Trinajstić information content (AvgIpc) is 2.70. The lowest BCUT2D eigenvalue weighted by Crippen LogP contribution is -2.14. The molecule has 0 aliphatic carbocycles. The molecule has 0 radical (unpaired) electrons. The lowest BCUT2D eigenvalue weighted by molar-refractivity contribution is -0.114. The fraction of sp³-hybridized carbons (Fsp3) is 0.174. The highest BCUT2D eigenvalue weighted by Crippen LogP contribution is 2.27. The summed E-state index contributed by atoms with van der Waals surface area (Å²) in [6, 6.07) is 11.1. The van der Waals surface area contributed by atoms with Crippen LogP contribution >= 0.6 is 0 Å². The van der Waals surface area contributed by atoms with Crippen LogP contribution in [-0.2, 0) is 11.4 Å². The van der Waals surface area contributed by atoms with Crippen LogP contribution in [0.3, 0.4) is 0 Å². The number of aryl methyl sites for hydroxylation is 2. The van der Waals surface area contributed by atoms with Crippen molar-refractivity contribution in [3.63, 3.8) is 0 Å². The maximum Gasteiger partial charge on any atom is 0.255 e. The number of carbonyl (C=O) groups excluding carboxylic acids is 2. The summed E-state index contributed by atoms with van der Waals surface area (Å²) in [5.74, 6) is -0.651. The summed E-state index contributed by atoms with van der Waals surface area (Å²) in [6.07, 6.45) is 3.43. The van der Waals surface area contributed by atoms with Crippen LogP contribution in [0.15, 0.2) is 54.9 Å². The highest BCUT2D eigenvalue weighted by Gasteiger charge is 2.14. The van der Waals surface area contributed by atoms with Crippen LogP contribution in [0, 0.1) is 19.7 Å². The molecule has 0 bridgehead atoms. The standard InChI is InChI=1S/C23H22FN3O3/c1-14-9-18(10-15(2)22(14)30-13-17-5-4-8-25-12-17)23(29)27-21-11-19(26-16(3)28)6-7-20(21)24/h4-12H,13H2,1-3H3,(H,26,28)(H,27,29). The maximum atomic E-state index is 14.1. The quantitative estimate of drug-likeness (QED) is 0.624. The maximum absolute atomic E-state index is 14.1. The second-order valence-electron chi connectivity index (χ2n) is 6.92. The molecule has 0 aliphatic heterocycles. The summed E-state index contributed by atoms with van der Waals surface area (Å²) in [6.45, 7) is 5.41. The second-order valence-corrected chi connectivity index (χ2v) is 6.92. The molecule has 2 aromatic carbocycles. The Labute approximate surface area is 174 Å². The van der Waals surface area contributed by atoms with Crippen molar-refractivity contribution in [2.45, 2.75) is 27.4 Å². The lowest BCUT2D eigenvalue weighted by Gasteiger charge is -2.15. The van der Waals surface area contributed by atoms with Crippen molar-refractivity contribution >= 4 is 23.2 Å². The minimum Gasteiger partial charge on any atom is -0.488 e. The van der Waals surface area contributed by atoms with Gasteiger partial charge in [0.15, 0.2) is 0 Å². The Kier molecular flexibility index (Phi) is 6.41. The number of aromatic nitrogens is 1. The van der Waals surface area contributed by atoms with E-state index in [-0.39, 0.29) is 11.6 Å². The number of benzene rings is 2. The molecular formula is C23H22FN3O3. The summed E-state index contributed by atoms with van der Waals surface area (Å²) < 4.78 is 20.0. The molecule has 154 valence electrons. The molecule has 0 spiro atoms. The van der Waals surface area contributed by atoms with Gasteiger partial charge in [-0.05, 0) is 61.4 Å². The number of halogens is 1. The molecule has 30 heavy (non-hydrogen) atoms. The van der Waals surface area contributed by atoms with Gasteiger partial charge in [0.2, 0.25) is 5.91 Å². The van der Waals surface area contributed by atoms with Crippen molar-refractivity contribution < 1.29 is 18.7 Å². The first-order valence-electron chi connectivity index (χ1n) is 9.35. The molecule has 7 heteroatoms. The zero-order valence-electron chi connectivity index (χ0n) is 17.0. The molecule has 2 amide bonds. The number of carbonyl (C=O) groups is 2. The van der Waals surface area contributed by atoms with Crippen molar-refractivity contribution in [1.29, 1.82) is 0 Å². The van der Waals surface area contributed by atoms with Gasteiger partial charge in [0.05, 0.1) is 5.69 Å². The highest BCUT2D eigenvalue weighted by atomic mass is 19.1. The fourth-order valence-electron chi connectivity index (χ4n) is 3.04. The predicted molar refractivity (Wildman–Crippen MR) is 113 cm³/mol. The van der Waals surface area contributed by atoms with Crippen molar-refractivity contribution in [1.82, 2.24) is 4.98 Å². The zero-order chi connectivity index (χ0) is 21.7. The van der Waals surface area contributed by atoms with Gasteiger partial charge in [-0.25, -0.2) is 4.39 Å². The van der Waals surface area contributed by atoms with E-state index in [0.29, 0.717) is 23.6 Å². The van der Waals surface area contributed by atoms with E-state index in [4.69, 9.17) is 4.74 Å². The van der Waals surface area contributed by atoms with Crippen molar-refractivity contribution in [3.8, 4) is 5.75 Å². The first-order chi connectivity index (χ1) is 14.3. The Balaban J connectivity index is 1.76. The Morgan fingerprint density at radius 3 is 2.43 bits per heavy atom. The van der Waals surface area contributed by atoms with Crippen LogP contribution < -0.4 is 15.4 Å². The highest BCUT2D eigenvalue weighted by molar-refractivity contribution is 6.05. The molecule has 0 fully saturated rings. The molecule has 3 aromatic rings. The van der Waals surface area contributed by atoms with Gasteiger partial charge in [-0.3, -0.25) is 14.6 Å². The second kappa shape index (κ2) is 9.17. The summed E-state index contributed by atoms with van der Waals surface area (Å²) in [5, 5.41) is 5.12. The topological polar surface area (TPSA) is 80.3 Å². The van der Waals surface area contributed by atoms with Crippen LogP contribution in [0.1, 0.15) is 34.0 Å². The van der Waals surface area contributed by atoms with E-state index in [2.05, 4.69) is 15.6 Å². The Bertz CT molecular complexity index is 1060. The normalized spacial score (nSPS) is 10.4. The number of hydrogen-bond acceptors (Lipinski definition) is 4. The van der Waals surface area contributed by atoms with Gasteiger partial charge >= 0.3 is 0 Å². The summed E-state index contributed by atoms with van der Waals surface area (Å²) in [4.78, 5) is 27.9. The van der Waals surface area contributed by atoms with Crippen molar-refractivity contribution in [3.05, 3.63) is 82.9 Å². The molecule has 0 saturated carbocycles. The number of hydrogen-bond donors (Lipinski definition) is 2. The van der Waals surface area contributed by atoms with E-state index >= 15 is 0 Å². The number of nitrogens with one attached hydrogen (secondary N) is 2.